The number of rotatable bonds is 3. The minimum atomic E-state index is -0.883. The zero-order chi connectivity index (χ0) is 20.5. The van der Waals surface area contributed by atoms with Gasteiger partial charge in [0.1, 0.15) is 0 Å². The van der Waals surface area contributed by atoms with Crippen molar-refractivity contribution in [3.8, 4) is 0 Å². The summed E-state index contributed by atoms with van der Waals surface area (Å²) >= 11 is -0.883. The molecule has 0 saturated heterocycles. The van der Waals surface area contributed by atoms with E-state index in [1.807, 2.05) is 0 Å². The summed E-state index contributed by atoms with van der Waals surface area (Å²) in [7, 11) is 0. The van der Waals surface area contributed by atoms with Gasteiger partial charge in [-0.15, -0.1) is 0 Å². The second-order valence-corrected chi connectivity index (χ2v) is 16.1. The van der Waals surface area contributed by atoms with Crippen molar-refractivity contribution < 1.29 is 48.0 Å². The first-order valence-corrected chi connectivity index (χ1v) is 13.4. The van der Waals surface area contributed by atoms with E-state index in [0.717, 1.165) is 0 Å². The Morgan fingerprint density at radius 2 is 1.43 bits per heavy atom. The summed E-state index contributed by atoms with van der Waals surface area (Å²) in [6.45, 7) is 19.4. The third-order valence-electron chi connectivity index (χ3n) is 7.76. The van der Waals surface area contributed by atoms with E-state index in [0.29, 0.717) is 11.7 Å². The van der Waals surface area contributed by atoms with Gasteiger partial charge in [-0.2, -0.15) is 0 Å². The van der Waals surface area contributed by atoms with Crippen LogP contribution in [0.3, 0.4) is 0 Å². The van der Waals surface area contributed by atoms with Gasteiger partial charge >= 0.3 is 185 Å². The molecule has 0 saturated carbocycles. The van der Waals surface area contributed by atoms with Crippen molar-refractivity contribution >= 4 is 6.08 Å². The first kappa shape index (κ1) is 26.2. The van der Waals surface area contributed by atoms with Crippen molar-refractivity contribution in [1.29, 1.82) is 0 Å². The number of halogens is 2. The third-order valence-corrected chi connectivity index (χ3v) is 13.4. The van der Waals surface area contributed by atoms with Crippen LogP contribution >= 0.6 is 0 Å². The molecule has 162 valence electrons. The average molecular weight is 523 g/mol. The molecule has 0 amide bonds. The molecule has 1 aromatic carbocycles. The number of allylic oxidation sites excluding steroid dienone is 5. The monoisotopic (exact) mass is 520 g/mol. The summed E-state index contributed by atoms with van der Waals surface area (Å²) in [6.07, 6.45) is 10.3. The maximum atomic E-state index is 2.65. The molecule has 1 atom stereocenters. The van der Waals surface area contributed by atoms with Gasteiger partial charge < -0.3 is 24.8 Å². The fourth-order valence-electron chi connectivity index (χ4n) is 5.86. The molecule has 0 radical (unpaired) electrons. The summed E-state index contributed by atoms with van der Waals surface area (Å²) in [5, 5.41) is 0. The molecular weight excluding hydrogens is 486 g/mol. The first-order valence-electron chi connectivity index (χ1n) is 11.0. The fraction of sp³-hybridized carbons (Fsp3) is 0.556. The molecule has 0 N–H and O–H groups in total. The van der Waals surface area contributed by atoms with Crippen LogP contribution in [0.1, 0.15) is 90.5 Å². The summed E-state index contributed by atoms with van der Waals surface area (Å²) < 4.78 is 0.629. The zero-order valence-corrected chi connectivity index (χ0v) is 23.9. The Morgan fingerprint density at radius 1 is 0.900 bits per heavy atom. The van der Waals surface area contributed by atoms with E-state index in [2.05, 4.69) is 79.7 Å². The first-order chi connectivity index (χ1) is 13.0. The van der Waals surface area contributed by atoms with Crippen LogP contribution in [0.2, 0.25) is 3.12 Å². The fourth-order valence-corrected chi connectivity index (χ4v) is 12.7. The Balaban J connectivity index is 0.00000160. The van der Waals surface area contributed by atoms with Gasteiger partial charge in [0, 0.05) is 0 Å². The van der Waals surface area contributed by atoms with Crippen LogP contribution in [0, 0.1) is 5.41 Å². The van der Waals surface area contributed by atoms with Crippen LogP contribution in [0.4, 0.5) is 0 Å². The largest absolute Gasteiger partial charge is 1.00 e. The van der Waals surface area contributed by atoms with Gasteiger partial charge in [-0.3, -0.25) is 0 Å². The molecule has 30 heavy (non-hydrogen) atoms. The van der Waals surface area contributed by atoms with Crippen LogP contribution in [0.15, 0.2) is 40.5 Å². The quantitative estimate of drug-likeness (QED) is 0.568. The Kier molecular flexibility index (Phi) is 7.57. The topological polar surface area (TPSA) is 0 Å². The van der Waals surface area contributed by atoms with Crippen molar-refractivity contribution in [2.75, 3.05) is 0 Å². The molecule has 0 spiro atoms. The van der Waals surface area contributed by atoms with E-state index < -0.39 is 23.2 Å². The molecule has 3 aliphatic rings. The number of benzene rings is 1. The van der Waals surface area contributed by atoms with Crippen LogP contribution < -0.4 is 24.8 Å². The van der Waals surface area contributed by atoms with Gasteiger partial charge in [0.05, 0.1) is 0 Å². The Morgan fingerprint density at radius 3 is 1.97 bits per heavy atom. The van der Waals surface area contributed by atoms with Crippen LogP contribution in [0.25, 0.3) is 6.08 Å². The maximum Gasteiger partial charge on any atom is -1.00 e. The molecular formula is C27H36Cl2Zr. The smallest absolute Gasteiger partial charge is 1.00 e. The minimum Gasteiger partial charge on any atom is -1.00 e. The number of hydrogen-bond acceptors (Lipinski definition) is 0. The van der Waals surface area contributed by atoms with Gasteiger partial charge in [-0.25, -0.2) is 0 Å². The van der Waals surface area contributed by atoms with Crippen LogP contribution in [-0.4, -0.2) is 0 Å². The molecule has 4 rings (SSSR count). The number of fused-ring (bicyclic) bond motifs is 2. The van der Waals surface area contributed by atoms with E-state index >= 15 is 0 Å². The summed E-state index contributed by atoms with van der Waals surface area (Å²) in [6, 6.07) is 5.18. The van der Waals surface area contributed by atoms with Gasteiger partial charge in [0.2, 0.25) is 0 Å². The molecule has 0 fully saturated rings. The normalized spacial score (nSPS) is 23.7. The van der Waals surface area contributed by atoms with Crippen molar-refractivity contribution in [1.82, 2.24) is 0 Å². The second-order valence-electron chi connectivity index (χ2n) is 10.9. The van der Waals surface area contributed by atoms with Crippen molar-refractivity contribution in [2.24, 2.45) is 5.41 Å². The number of aryl methyl sites for hydroxylation is 2. The molecule has 0 nitrogen and oxygen atoms in total. The van der Waals surface area contributed by atoms with E-state index in [-0.39, 0.29) is 24.8 Å². The Bertz CT molecular complexity index is 918. The molecule has 1 aromatic rings. The van der Waals surface area contributed by atoms with E-state index in [1.54, 1.807) is 39.0 Å². The molecule has 3 heteroatoms. The summed E-state index contributed by atoms with van der Waals surface area (Å²) in [5.74, 6) is 0. The zero-order valence-electron chi connectivity index (χ0n) is 19.9. The summed E-state index contributed by atoms with van der Waals surface area (Å²) in [5.41, 5.74) is 13.2. The van der Waals surface area contributed by atoms with E-state index in [9.17, 15) is 0 Å². The maximum absolute atomic E-state index is 2.65. The molecule has 0 bridgehead atoms. The van der Waals surface area contributed by atoms with Gasteiger partial charge in [0.25, 0.3) is 0 Å². The SMILES string of the molecule is CC1=C(C)[C](C)([Zr+2][C]2(CC(C)(C)C)C=Cc3cc4c(cc32)CCC4)C(C)=C1C.[Cl-].[Cl-]. The minimum absolute atomic E-state index is 0. The predicted octanol–water partition coefficient (Wildman–Crippen LogP) is 1.79. The standard InChI is InChI=1S/C17H21.C10H15.2ClH.Zr/c1-17(2,3)11-15-8-7-14-9-12-5-4-6-13(12)10-16(14)15;1-6-7(2)9(4)10(5)8(6)3;;;/h7-10H,4-6,11H2,1-3H3;1-5H3;2*1H;/q;;;;+2/p-2. The molecule has 1 unspecified atom stereocenters. The number of hydrogen-bond donors (Lipinski definition) is 0. The van der Waals surface area contributed by atoms with Gasteiger partial charge in [-0.1, -0.05) is 0 Å². The Labute approximate surface area is 208 Å². The molecule has 3 aliphatic carbocycles. The predicted molar refractivity (Wildman–Crippen MR) is 118 cm³/mol. The summed E-state index contributed by atoms with van der Waals surface area (Å²) in [4.78, 5) is 0. The van der Waals surface area contributed by atoms with Crippen LogP contribution in [-0.2, 0) is 39.2 Å². The third kappa shape index (κ3) is 4.13. The van der Waals surface area contributed by atoms with Crippen molar-refractivity contribution in [3.63, 3.8) is 0 Å². The van der Waals surface area contributed by atoms with Crippen LogP contribution in [0.5, 0.6) is 0 Å². The Hall–Kier alpha value is -0.0969. The molecule has 0 heterocycles. The second kappa shape index (κ2) is 8.68. The average Bonchev–Trinajstić information content (AvgIpc) is 3.23. The van der Waals surface area contributed by atoms with Gasteiger partial charge in [0.15, 0.2) is 0 Å². The van der Waals surface area contributed by atoms with E-state index in [4.69, 9.17) is 0 Å². The van der Waals surface area contributed by atoms with Gasteiger partial charge in [-0.05, 0) is 0 Å². The van der Waals surface area contributed by atoms with E-state index in [1.165, 1.54) is 31.2 Å². The molecule has 0 aromatic heterocycles. The molecule has 0 aliphatic heterocycles. The van der Waals surface area contributed by atoms with Crippen molar-refractivity contribution in [3.05, 3.63) is 62.8 Å². The van der Waals surface area contributed by atoms with Crippen molar-refractivity contribution in [2.45, 2.75) is 87.3 Å².